The zero-order valence-electron chi connectivity index (χ0n) is 21.0. The Bertz CT molecular complexity index is 1090. The van der Waals surface area contributed by atoms with Gasteiger partial charge in [0.1, 0.15) is 12.4 Å². The van der Waals surface area contributed by atoms with E-state index in [2.05, 4.69) is 13.5 Å². The first-order valence-corrected chi connectivity index (χ1v) is 13.4. The van der Waals surface area contributed by atoms with Crippen LogP contribution in [0.15, 0.2) is 78.7 Å². The van der Waals surface area contributed by atoms with Gasteiger partial charge in [-0.3, -0.25) is 9.59 Å². The minimum atomic E-state index is -0.315. The van der Waals surface area contributed by atoms with Crippen molar-refractivity contribution in [3.63, 3.8) is 0 Å². The summed E-state index contributed by atoms with van der Waals surface area (Å²) in [6, 6.07) is 17.8. The molecule has 4 nitrogen and oxygen atoms in total. The van der Waals surface area contributed by atoms with Gasteiger partial charge < -0.3 is 9.80 Å². The number of carbonyl (C=O) groups is 2. The minimum Gasteiger partial charge on any atom is -0.332 e. The van der Waals surface area contributed by atoms with E-state index in [1.54, 1.807) is 34.4 Å². The van der Waals surface area contributed by atoms with Crippen LogP contribution in [0.4, 0.5) is 4.39 Å². The van der Waals surface area contributed by atoms with Crippen molar-refractivity contribution in [2.45, 2.75) is 52.1 Å². The average Bonchev–Trinajstić information content (AvgIpc) is 3.40. The molecule has 0 fully saturated rings. The fourth-order valence-electron chi connectivity index (χ4n) is 4.02. The summed E-state index contributed by atoms with van der Waals surface area (Å²) < 4.78 is 13.4. The van der Waals surface area contributed by atoms with Gasteiger partial charge in [0, 0.05) is 23.5 Å². The largest absolute Gasteiger partial charge is 0.332 e. The Morgan fingerprint density at radius 3 is 2.28 bits per heavy atom. The molecule has 1 aromatic heterocycles. The molecule has 0 aliphatic rings. The summed E-state index contributed by atoms with van der Waals surface area (Å²) in [7, 11) is 0. The lowest BCUT2D eigenvalue weighted by Gasteiger charge is -2.27. The number of amides is 2. The van der Waals surface area contributed by atoms with Crippen LogP contribution in [0, 0.1) is 5.82 Å². The molecule has 0 saturated heterocycles. The van der Waals surface area contributed by atoms with E-state index < -0.39 is 0 Å². The van der Waals surface area contributed by atoms with E-state index in [4.69, 9.17) is 0 Å². The predicted octanol–water partition coefficient (Wildman–Crippen LogP) is 6.87. The highest BCUT2D eigenvalue weighted by molar-refractivity contribution is 7.09. The second kappa shape index (κ2) is 14.3. The molecule has 1 heterocycles. The molecule has 3 aromatic rings. The molecular formula is C30H35FN2O2S. The van der Waals surface area contributed by atoms with E-state index >= 15 is 0 Å². The van der Waals surface area contributed by atoms with E-state index in [1.165, 1.54) is 41.9 Å². The number of carbonyl (C=O) groups excluding carboxylic acids is 2. The summed E-state index contributed by atoms with van der Waals surface area (Å²) in [5.74, 6) is -0.682. The van der Waals surface area contributed by atoms with Crippen LogP contribution in [0.25, 0.3) is 0 Å². The molecule has 0 aliphatic heterocycles. The Morgan fingerprint density at radius 1 is 0.917 bits per heavy atom. The van der Waals surface area contributed by atoms with Gasteiger partial charge in [0.2, 0.25) is 5.91 Å². The van der Waals surface area contributed by atoms with Gasteiger partial charge >= 0.3 is 0 Å². The topological polar surface area (TPSA) is 40.6 Å². The molecule has 0 saturated carbocycles. The number of nitrogens with zero attached hydrogens (tertiary/aromatic N) is 2. The fourth-order valence-corrected chi connectivity index (χ4v) is 4.74. The lowest BCUT2D eigenvalue weighted by molar-refractivity contribution is -0.133. The molecule has 0 spiro atoms. The van der Waals surface area contributed by atoms with Crippen molar-refractivity contribution in [2.75, 3.05) is 13.1 Å². The lowest BCUT2D eigenvalue weighted by atomic mass is 10.0. The van der Waals surface area contributed by atoms with E-state index in [1.807, 2.05) is 41.8 Å². The Morgan fingerprint density at radius 2 is 1.64 bits per heavy atom. The zero-order chi connectivity index (χ0) is 25.8. The normalized spacial score (nSPS) is 10.7. The molecule has 0 bridgehead atoms. The second-order valence-electron chi connectivity index (χ2n) is 8.94. The molecule has 6 heteroatoms. The van der Waals surface area contributed by atoms with Crippen LogP contribution < -0.4 is 0 Å². The van der Waals surface area contributed by atoms with Crippen molar-refractivity contribution >= 4 is 23.2 Å². The van der Waals surface area contributed by atoms with Crippen LogP contribution in [-0.4, -0.2) is 34.7 Å². The molecule has 0 unspecified atom stereocenters. The summed E-state index contributed by atoms with van der Waals surface area (Å²) in [6.07, 6.45) is 7.45. The Labute approximate surface area is 218 Å². The van der Waals surface area contributed by atoms with Crippen LogP contribution in [0.3, 0.4) is 0 Å². The van der Waals surface area contributed by atoms with E-state index in [0.29, 0.717) is 18.7 Å². The Balaban J connectivity index is 1.69. The molecule has 0 radical (unpaired) electrons. The standard InChI is InChI=1S/C30H35FN2O2S/c1-3-5-6-7-9-24-11-15-26(16-12-24)30(35)32(19-4-2)23-29(34)33(22-28-10-8-20-36-28)21-25-13-17-27(31)18-14-25/h4,8,10-18,20H,2-3,5-7,9,19,21-23H2,1H3. The van der Waals surface area contributed by atoms with Gasteiger partial charge in [-0.15, -0.1) is 17.9 Å². The molecule has 0 atom stereocenters. The SMILES string of the molecule is C=CCN(CC(=O)N(Cc1ccc(F)cc1)Cc1cccs1)C(=O)c1ccc(CCCCCC)cc1. The van der Waals surface area contributed by atoms with Gasteiger partial charge in [-0.1, -0.05) is 62.6 Å². The highest BCUT2D eigenvalue weighted by Crippen LogP contribution is 2.17. The average molecular weight is 507 g/mol. The molecule has 0 aliphatic carbocycles. The van der Waals surface area contributed by atoms with Crippen molar-refractivity contribution in [1.82, 2.24) is 9.80 Å². The van der Waals surface area contributed by atoms with Crippen molar-refractivity contribution in [3.8, 4) is 0 Å². The van der Waals surface area contributed by atoms with Crippen molar-refractivity contribution < 1.29 is 14.0 Å². The molecule has 190 valence electrons. The number of hydrogen-bond donors (Lipinski definition) is 0. The van der Waals surface area contributed by atoms with Gasteiger partial charge in [-0.25, -0.2) is 4.39 Å². The van der Waals surface area contributed by atoms with Crippen LogP contribution >= 0.6 is 11.3 Å². The molecule has 2 amide bonds. The summed E-state index contributed by atoms with van der Waals surface area (Å²) >= 11 is 1.57. The molecular weight excluding hydrogens is 471 g/mol. The minimum absolute atomic E-state index is 0.0593. The smallest absolute Gasteiger partial charge is 0.254 e. The maximum Gasteiger partial charge on any atom is 0.254 e. The summed E-state index contributed by atoms with van der Waals surface area (Å²) in [5, 5.41) is 1.97. The van der Waals surface area contributed by atoms with E-state index in [0.717, 1.165) is 23.3 Å². The van der Waals surface area contributed by atoms with Crippen LogP contribution in [0.2, 0.25) is 0 Å². The maximum absolute atomic E-state index is 13.4. The van der Waals surface area contributed by atoms with Gasteiger partial charge in [0.25, 0.3) is 5.91 Å². The number of thiophene rings is 1. The molecule has 0 N–H and O–H groups in total. The highest BCUT2D eigenvalue weighted by Gasteiger charge is 2.22. The summed E-state index contributed by atoms with van der Waals surface area (Å²) in [4.78, 5) is 31.0. The fraction of sp³-hybridized carbons (Fsp3) is 0.333. The van der Waals surface area contributed by atoms with Crippen molar-refractivity contribution in [1.29, 1.82) is 0 Å². The predicted molar refractivity (Wildman–Crippen MR) is 145 cm³/mol. The molecule has 36 heavy (non-hydrogen) atoms. The Kier molecular flexibility index (Phi) is 10.9. The van der Waals surface area contributed by atoms with E-state index in [9.17, 15) is 14.0 Å². The summed E-state index contributed by atoms with van der Waals surface area (Å²) in [6.45, 7) is 6.95. The lowest BCUT2D eigenvalue weighted by Crippen LogP contribution is -2.42. The summed E-state index contributed by atoms with van der Waals surface area (Å²) in [5.41, 5.74) is 2.61. The van der Waals surface area contributed by atoms with Crippen LogP contribution in [-0.2, 0) is 24.3 Å². The monoisotopic (exact) mass is 506 g/mol. The van der Waals surface area contributed by atoms with Crippen LogP contribution in [0.1, 0.15) is 59.0 Å². The number of benzene rings is 2. The van der Waals surface area contributed by atoms with E-state index in [-0.39, 0.29) is 30.7 Å². The van der Waals surface area contributed by atoms with Gasteiger partial charge in [-0.05, 0) is 59.7 Å². The number of unbranched alkanes of at least 4 members (excludes halogenated alkanes) is 3. The number of hydrogen-bond acceptors (Lipinski definition) is 3. The first-order valence-electron chi connectivity index (χ1n) is 12.5. The zero-order valence-corrected chi connectivity index (χ0v) is 21.8. The van der Waals surface area contributed by atoms with Crippen LogP contribution in [0.5, 0.6) is 0 Å². The van der Waals surface area contributed by atoms with Crippen molar-refractivity contribution in [3.05, 3.63) is 106 Å². The quantitative estimate of drug-likeness (QED) is 0.177. The third kappa shape index (κ3) is 8.45. The third-order valence-electron chi connectivity index (χ3n) is 6.05. The number of halogens is 1. The first kappa shape index (κ1) is 27.3. The van der Waals surface area contributed by atoms with Gasteiger partial charge in [0.15, 0.2) is 0 Å². The van der Waals surface area contributed by atoms with Gasteiger partial charge in [0.05, 0.1) is 6.54 Å². The highest BCUT2D eigenvalue weighted by atomic mass is 32.1. The van der Waals surface area contributed by atoms with Gasteiger partial charge in [-0.2, -0.15) is 0 Å². The Hall–Kier alpha value is -3.25. The maximum atomic E-state index is 13.4. The molecule has 3 rings (SSSR count). The number of rotatable bonds is 14. The first-order chi connectivity index (χ1) is 17.5. The third-order valence-corrected chi connectivity index (χ3v) is 6.91. The number of aryl methyl sites for hydroxylation is 1. The van der Waals surface area contributed by atoms with Crippen molar-refractivity contribution in [2.24, 2.45) is 0 Å². The molecule has 2 aromatic carbocycles. The second-order valence-corrected chi connectivity index (χ2v) is 9.97.